The number of carbonyl (C=O) groups is 1. The van der Waals surface area contributed by atoms with Gasteiger partial charge < -0.3 is 5.73 Å². The number of nitrogens with two attached hydrogens (primary N) is 1. The highest BCUT2D eigenvalue weighted by atomic mass is 32.1. The molecule has 1 aromatic carbocycles. The molecule has 0 aliphatic carbocycles. The van der Waals surface area contributed by atoms with Gasteiger partial charge in [0.15, 0.2) is 0 Å². The Hall–Kier alpha value is -2.62. The first-order valence-electron chi connectivity index (χ1n) is 4.80. The van der Waals surface area contributed by atoms with Gasteiger partial charge in [-0.25, -0.2) is 4.39 Å². The summed E-state index contributed by atoms with van der Waals surface area (Å²) in [5.41, 5.74) is 5.14. The smallest absolute Gasteiger partial charge is 0.293 e. The lowest BCUT2D eigenvalue weighted by Gasteiger charge is -2.06. The van der Waals surface area contributed by atoms with Crippen LogP contribution in [0, 0.1) is 15.9 Å². The number of hydrogen-bond donors (Lipinski definition) is 2. The first-order valence-corrected chi connectivity index (χ1v) is 5.68. The molecule has 0 unspecified atom stereocenters. The molecule has 0 spiro atoms. The Morgan fingerprint density at radius 1 is 1.53 bits per heavy atom. The van der Waals surface area contributed by atoms with Crippen LogP contribution in [0.4, 0.5) is 20.9 Å². The molecule has 1 amide bonds. The number of nitro groups is 1. The molecule has 19 heavy (non-hydrogen) atoms. The third kappa shape index (κ3) is 2.47. The standard InChI is InChI=1S/C9H6FN5O3S/c10-4-1-2-5(15(17)18)7(11)6(4)8(16)13-9-14-12-3-19-9/h1-3H,11H2,(H,13,14,16). The maximum atomic E-state index is 13.6. The Labute approximate surface area is 109 Å². The Balaban J connectivity index is 2.41. The van der Waals surface area contributed by atoms with Gasteiger partial charge in [0.2, 0.25) is 5.13 Å². The number of amides is 1. The van der Waals surface area contributed by atoms with E-state index in [1.165, 1.54) is 5.51 Å². The number of rotatable bonds is 3. The number of nitro benzene ring substituents is 1. The molecule has 0 radical (unpaired) electrons. The molecular formula is C9H6FN5O3S. The molecule has 8 nitrogen and oxygen atoms in total. The van der Waals surface area contributed by atoms with Gasteiger partial charge in [-0.2, -0.15) is 0 Å². The number of carbonyl (C=O) groups excluding carboxylic acids is 1. The van der Waals surface area contributed by atoms with E-state index in [0.29, 0.717) is 0 Å². The molecule has 2 rings (SSSR count). The average Bonchev–Trinajstić information content (AvgIpc) is 2.81. The van der Waals surface area contributed by atoms with Crippen LogP contribution in [0.5, 0.6) is 0 Å². The van der Waals surface area contributed by atoms with E-state index in [0.717, 1.165) is 23.5 Å². The van der Waals surface area contributed by atoms with Crippen molar-refractivity contribution in [2.45, 2.75) is 0 Å². The molecule has 0 aliphatic rings. The minimum absolute atomic E-state index is 0.135. The Bertz CT molecular complexity index is 646. The summed E-state index contributed by atoms with van der Waals surface area (Å²) in [6, 6.07) is 1.70. The van der Waals surface area contributed by atoms with Crippen molar-refractivity contribution >= 4 is 33.8 Å². The maximum absolute atomic E-state index is 13.6. The number of nitrogens with one attached hydrogen (secondary N) is 1. The molecule has 0 saturated heterocycles. The molecule has 98 valence electrons. The first kappa shape index (κ1) is 12.8. The second kappa shape index (κ2) is 4.94. The quantitative estimate of drug-likeness (QED) is 0.498. The summed E-state index contributed by atoms with van der Waals surface area (Å²) in [7, 11) is 0. The number of hydrogen-bond acceptors (Lipinski definition) is 7. The minimum Gasteiger partial charge on any atom is -0.392 e. The Morgan fingerprint density at radius 2 is 2.26 bits per heavy atom. The van der Waals surface area contributed by atoms with Crippen molar-refractivity contribution < 1.29 is 14.1 Å². The summed E-state index contributed by atoms with van der Waals surface area (Å²) in [6.45, 7) is 0. The molecule has 0 bridgehead atoms. The zero-order valence-electron chi connectivity index (χ0n) is 9.16. The van der Waals surface area contributed by atoms with E-state index in [2.05, 4.69) is 15.5 Å². The van der Waals surface area contributed by atoms with Crippen molar-refractivity contribution in [2.24, 2.45) is 0 Å². The van der Waals surface area contributed by atoms with Crippen molar-refractivity contribution in [2.75, 3.05) is 11.1 Å². The highest BCUT2D eigenvalue weighted by Gasteiger charge is 2.24. The summed E-state index contributed by atoms with van der Waals surface area (Å²) >= 11 is 1.02. The number of benzene rings is 1. The molecule has 3 N–H and O–H groups in total. The monoisotopic (exact) mass is 283 g/mol. The minimum atomic E-state index is -0.954. The van der Waals surface area contributed by atoms with E-state index in [9.17, 15) is 19.3 Å². The average molecular weight is 283 g/mol. The van der Waals surface area contributed by atoms with E-state index in [1.807, 2.05) is 0 Å². The fourth-order valence-electron chi connectivity index (χ4n) is 1.36. The highest BCUT2D eigenvalue weighted by Crippen LogP contribution is 2.28. The molecule has 0 saturated carbocycles. The van der Waals surface area contributed by atoms with Crippen molar-refractivity contribution in [3.8, 4) is 0 Å². The predicted octanol–water partition coefficient (Wildman–Crippen LogP) is 1.42. The number of anilines is 2. The van der Waals surface area contributed by atoms with Crippen LogP contribution in [0.3, 0.4) is 0 Å². The van der Waals surface area contributed by atoms with Crippen LogP contribution in [-0.4, -0.2) is 21.0 Å². The third-order valence-corrected chi connectivity index (χ3v) is 2.78. The first-order chi connectivity index (χ1) is 9.00. The number of aromatic nitrogens is 2. The van der Waals surface area contributed by atoms with Crippen molar-refractivity contribution in [1.29, 1.82) is 0 Å². The number of nitrogens with zero attached hydrogens (tertiary/aromatic N) is 3. The van der Waals surface area contributed by atoms with Crippen molar-refractivity contribution in [1.82, 2.24) is 10.2 Å². The Kier molecular flexibility index (Phi) is 3.33. The van der Waals surface area contributed by atoms with Crippen LogP contribution in [0.25, 0.3) is 0 Å². The molecule has 1 heterocycles. The highest BCUT2D eigenvalue weighted by molar-refractivity contribution is 7.13. The van der Waals surface area contributed by atoms with Gasteiger partial charge in [0, 0.05) is 6.07 Å². The molecule has 1 aromatic heterocycles. The van der Waals surface area contributed by atoms with Crippen LogP contribution in [0.15, 0.2) is 17.6 Å². The van der Waals surface area contributed by atoms with Crippen molar-refractivity contribution in [3.63, 3.8) is 0 Å². The predicted molar refractivity (Wildman–Crippen MR) is 65.3 cm³/mol. The zero-order chi connectivity index (χ0) is 14.0. The summed E-state index contributed by atoms with van der Waals surface area (Å²) < 4.78 is 13.6. The van der Waals surface area contributed by atoms with Crippen molar-refractivity contribution in [3.05, 3.63) is 39.1 Å². The van der Waals surface area contributed by atoms with E-state index in [-0.39, 0.29) is 5.13 Å². The van der Waals surface area contributed by atoms with Crippen LogP contribution in [-0.2, 0) is 0 Å². The second-order valence-electron chi connectivity index (χ2n) is 3.31. The molecule has 0 fully saturated rings. The lowest BCUT2D eigenvalue weighted by Crippen LogP contribution is -2.17. The normalized spacial score (nSPS) is 10.2. The van der Waals surface area contributed by atoms with Gasteiger partial charge in [-0.3, -0.25) is 20.2 Å². The molecule has 2 aromatic rings. The van der Waals surface area contributed by atoms with Crippen LogP contribution in [0.2, 0.25) is 0 Å². The van der Waals surface area contributed by atoms with Gasteiger partial charge in [0.05, 0.1) is 4.92 Å². The Morgan fingerprint density at radius 3 is 2.84 bits per heavy atom. The molecule has 10 heteroatoms. The number of nitrogen functional groups attached to an aromatic ring is 1. The van der Waals surface area contributed by atoms with Gasteiger partial charge in [0.25, 0.3) is 11.6 Å². The topological polar surface area (TPSA) is 124 Å². The molecule has 0 atom stereocenters. The summed E-state index contributed by atoms with van der Waals surface area (Å²) in [6.07, 6.45) is 0. The molecule has 0 aliphatic heterocycles. The third-order valence-electron chi connectivity index (χ3n) is 2.18. The van der Waals surface area contributed by atoms with Crippen LogP contribution >= 0.6 is 11.3 Å². The SMILES string of the molecule is Nc1c([N+](=O)[O-])ccc(F)c1C(=O)Nc1nncs1. The van der Waals surface area contributed by atoms with Crippen LogP contribution in [0.1, 0.15) is 10.4 Å². The van der Waals surface area contributed by atoms with Crippen LogP contribution < -0.4 is 11.1 Å². The lowest BCUT2D eigenvalue weighted by molar-refractivity contribution is -0.384. The second-order valence-corrected chi connectivity index (χ2v) is 4.14. The van der Waals surface area contributed by atoms with Gasteiger partial charge in [-0.05, 0) is 6.07 Å². The fourth-order valence-corrected chi connectivity index (χ4v) is 1.80. The van der Waals surface area contributed by atoms with E-state index >= 15 is 0 Å². The lowest BCUT2D eigenvalue weighted by atomic mass is 10.1. The summed E-state index contributed by atoms with van der Waals surface area (Å²) in [4.78, 5) is 21.7. The molecular weight excluding hydrogens is 277 g/mol. The maximum Gasteiger partial charge on any atom is 0.293 e. The largest absolute Gasteiger partial charge is 0.392 e. The summed E-state index contributed by atoms with van der Waals surface area (Å²) in [5.74, 6) is -1.87. The van der Waals surface area contributed by atoms with Gasteiger partial charge >= 0.3 is 0 Å². The van der Waals surface area contributed by atoms with Gasteiger partial charge in [-0.15, -0.1) is 10.2 Å². The van der Waals surface area contributed by atoms with Gasteiger partial charge in [-0.1, -0.05) is 11.3 Å². The van der Waals surface area contributed by atoms with E-state index in [4.69, 9.17) is 5.73 Å². The van der Waals surface area contributed by atoms with E-state index in [1.54, 1.807) is 0 Å². The zero-order valence-corrected chi connectivity index (χ0v) is 9.98. The van der Waals surface area contributed by atoms with E-state index < -0.39 is 33.6 Å². The summed E-state index contributed by atoms with van der Waals surface area (Å²) in [5, 5.41) is 20.1. The van der Waals surface area contributed by atoms with Gasteiger partial charge in [0.1, 0.15) is 22.6 Å². The fraction of sp³-hybridized carbons (Fsp3) is 0. The number of halogens is 1.